The zero-order valence-electron chi connectivity index (χ0n) is 11.0. The lowest BCUT2D eigenvalue weighted by Crippen LogP contribution is -2.06. The van der Waals surface area contributed by atoms with Crippen molar-refractivity contribution in [2.75, 3.05) is 12.3 Å². The Kier molecular flexibility index (Phi) is 4.42. The van der Waals surface area contributed by atoms with Gasteiger partial charge in [-0.3, -0.25) is 0 Å². The van der Waals surface area contributed by atoms with Crippen molar-refractivity contribution in [3.63, 3.8) is 0 Å². The second-order valence-corrected chi connectivity index (χ2v) is 4.42. The lowest BCUT2D eigenvalue weighted by molar-refractivity contribution is 0.211. The van der Waals surface area contributed by atoms with E-state index in [1.165, 1.54) is 0 Å². The third-order valence-corrected chi connectivity index (χ3v) is 2.97. The number of hydrogen-bond acceptors (Lipinski definition) is 3. The maximum atomic E-state index is 10.5. The van der Waals surface area contributed by atoms with Crippen LogP contribution in [0.25, 0.3) is 0 Å². The Balaban J connectivity index is 2.33. The average Bonchev–Trinajstić information content (AvgIpc) is 2.45. The van der Waals surface area contributed by atoms with Gasteiger partial charge >= 0.3 is 0 Å². The van der Waals surface area contributed by atoms with E-state index in [2.05, 4.69) is 0 Å². The van der Waals surface area contributed by atoms with Gasteiger partial charge in [-0.25, -0.2) is 0 Å². The smallest absolute Gasteiger partial charge is 0.125 e. The molecule has 0 heterocycles. The molecule has 3 nitrogen and oxygen atoms in total. The summed E-state index contributed by atoms with van der Waals surface area (Å²) in [5.74, 6) is 0.708. The first-order chi connectivity index (χ1) is 9.24. The predicted octanol–water partition coefficient (Wildman–Crippen LogP) is 3.14. The summed E-state index contributed by atoms with van der Waals surface area (Å²) in [6.07, 6.45) is 0.159. The Labute approximate surface area is 113 Å². The molecule has 100 valence electrons. The number of aliphatic hydroxyl groups excluding tert-OH is 1. The molecule has 3 heteroatoms. The van der Waals surface area contributed by atoms with E-state index in [1.807, 2.05) is 49.4 Å². The van der Waals surface area contributed by atoms with E-state index in [4.69, 9.17) is 10.5 Å². The van der Waals surface area contributed by atoms with Gasteiger partial charge in [-0.15, -0.1) is 0 Å². The molecule has 0 fully saturated rings. The van der Waals surface area contributed by atoms with Gasteiger partial charge in [-0.05, 0) is 18.6 Å². The molecule has 0 amide bonds. The van der Waals surface area contributed by atoms with Crippen LogP contribution in [-0.4, -0.2) is 11.7 Å². The van der Waals surface area contributed by atoms with E-state index < -0.39 is 6.10 Å². The minimum atomic E-state index is -0.769. The SMILES string of the molecule is CCCOc1ccccc1C(O)c1ccccc1N. The van der Waals surface area contributed by atoms with Gasteiger partial charge < -0.3 is 15.6 Å². The summed E-state index contributed by atoms with van der Waals surface area (Å²) in [6, 6.07) is 14.8. The fraction of sp³-hybridized carbons (Fsp3) is 0.250. The highest BCUT2D eigenvalue weighted by Gasteiger charge is 2.17. The van der Waals surface area contributed by atoms with Crippen LogP contribution in [0.3, 0.4) is 0 Å². The molecule has 0 radical (unpaired) electrons. The fourth-order valence-corrected chi connectivity index (χ4v) is 1.98. The molecular formula is C16H19NO2. The van der Waals surface area contributed by atoms with E-state index in [0.717, 1.165) is 12.0 Å². The number of para-hydroxylation sites is 2. The van der Waals surface area contributed by atoms with E-state index >= 15 is 0 Å². The summed E-state index contributed by atoms with van der Waals surface area (Å²) in [6.45, 7) is 2.68. The summed E-state index contributed by atoms with van der Waals surface area (Å²) in [7, 11) is 0. The van der Waals surface area contributed by atoms with Crippen LogP contribution in [-0.2, 0) is 0 Å². The molecular weight excluding hydrogens is 238 g/mol. The number of ether oxygens (including phenoxy) is 1. The first kappa shape index (κ1) is 13.4. The molecule has 0 saturated heterocycles. The summed E-state index contributed by atoms with van der Waals surface area (Å²) < 4.78 is 5.67. The minimum Gasteiger partial charge on any atom is -0.493 e. The zero-order valence-corrected chi connectivity index (χ0v) is 11.0. The number of nitrogens with two attached hydrogens (primary N) is 1. The molecule has 2 aromatic rings. The molecule has 2 rings (SSSR count). The van der Waals surface area contributed by atoms with Crippen molar-refractivity contribution in [2.24, 2.45) is 0 Å². The second kappa shape index (κ2) is 6.25. The van der Waals surface area contributed by atoms with Crippen LogP contribution in [0, 0.1) is 0 Å². The standard InChI is InChI=1S/C16H19NO2/c1-2-11-19-15-10-6-4-8-13(15)16(18)12-7-3-5-9-14(12)17/h3-10,16,18H,2,11,17H2,1H3. The van der Waals surface area contributed by atoms with Gasteiger partial charge in [-0.1, -0.05) is 43.3 Å². The Hall–Kier alpha value is -2.00. The number of hydrogen-bond donors (Lipinski definition) is 2. The number of anilines is 1. The Morgan fingerprint density at radius 1 is 1.05 bits per heavy atom. The van der Waals surface area contributed by atoms with E-state index in [0.29, 0.717) is 23.6 Å². The lowest BCUT2D eigenvalue weighted by Gasteiger charge is -2.17. The van der Waals surface area contributed by atoms with Crippen molar-refractivity contribution in [1.29, 1.82) is 0 Å². The number of rotatable bonds is 5. The summed E-state index contributed by atoms with van der Waals surface area (Å²) in [4.78, 5) is 0. The first-order valence-electron chi connectivity index (χ1n) is 6.48. The maximum absolute atomic E-state index is 10.5. The van der Waals surface area contributed by atoms with Crippen molar-refractivity contribution in [1.82, 2.24) is 0 Å². The van der Waals surface area contributed by atoms with Gasteiger partial charge in [0.1, 0.15) is 11.9 Å². The van der Waals surface area contributed by atoms with Gasteiger partial charge in [0.05, 0.1) is 6.61 Å². The molecule has 0 spiro atoms. The van der Waals surface area contributed by atoms with Crippen molar-refractivity contribution in [2.45, 2.75) is 19.4 Å². The molecule has 0 aliphatic rings. The van der Waals surface area contributed by atoms with Crippen LogP contribution < -0.4 is 10.5 Å². The van der Waals surface area contributed by atoms with Crippen LogP contribution >= 0.6 is 0 Å². The van der Waals surface area contributed by atoms with E-state index in [1.54, 1.807) is 6.07 Å². The van der Waals surface area contributed by atoms with Crippen LogP contribution in [0.5, 0.6) is 5.75 Å². The molecule has 0 saturated carbocycles. The average molecular weight is 257 g/mol. The monoisotopic (exact) mass is 257 g/mol. The highest BCUT2D eigenvalue weighted by Crippen LogP contribution is 2.32. The predicted molar refractivity (Wildman–Crippen MR) is 77.1 cm³/mol. The summed E-state index contributed by atoms with van der Waals surface area (Å²) in [5, 5.41) is 10.5. The van der Waals surface area contributed by atoms with Crippen molar-refractivity contribution >= 4 is 5.69 Å². The molecule has 3 N–H and O–H groups in total. The Morgan fingerprint density at radius 2 is 1.68 bits per heavy atom. The van der Waals surface area contributed by atoms with Crippen LogP contribution in [0.15, 0.2) is 48.5 Å². The van der Waals surface area contributed by atoms with Crippen molar-refractivity contribution in [3.8, 4) is 5.75 Å². The third-order valence-electron chi connectivity index (χ3n) is 2.97. The number of aliphatic hydroxyl groups is 1. The number of nitrogen functional groups attached to an aromatic ring is 1. The molecule has 2 aromatic carbocycles. The topological polar surface area (TPSA) is 55.5 Å². The molecule has 0 aromatic heterocycles. The Bertz CT molecular complexity index is 540. The van der Waals surface area contributed by atoms with E-state index in [-0.39, 0.29) is 0 Å². The lowest BCUT2D eigenvalue weighted by atomic mass is 9.99. The third kappa shape index (κ3) is 3.06. The van der Waals surface area contributed by atoms with Gasteiger partial charge in [0.2, 0.25) is 0 Å². The molecule has 1 unspecified atom stereocenters. The zero-order chi connectivity index (χ0) is 13.7. The normalized spacial score (nSPS) is 12.1. The minimum absolute atomic E-state index is 0.584. The summed E-state index contributed by atoms with van der Waals surface area (Å²) in [5.41, 5.74) is 7.94. The first-order valence-corrected chi connectivity index (χ1v) is 6.48. The molecule has 0 bridgehead atoms. The van der Waals surface area contributed by atoms with E-state index in [9.17, 15) is 5.11 Å². The molecule has 1 atom stereocenters. The molecule has 0 aliphatic heterocycles. The van der Waals surface area contributed by atoms with Gasteiger partial charge in [-0.2, -0.15) is 0 Å². The highest BCUT2D eigenvalue weighted by atomic mass is 16.5. The molecule has 0 aliphatic carbocycles. The van der Waals surface area contributed by atoms with Crippen LogP contribution in [0.4, 0.5) is 5.69 Å². The maximum Gasteiger partial charge on any atom is 0.125 e. The largest absolute Gasteiger partial charge is 0.493 e. The van der Waals surface area contributed by atoms with Crippen LogP contribution in [0.1, 0.15) is 30.6 Å². The van der Waals surface area contributed by atoms with Gasteiger partial charge in [0.25, 0.3) is 0 Å². The van der Waals surface area contributed by atoms with Crippen LogP contribution in [0.2, 0.25) is 0 Å². The van der Waals surface area contributed by atoms with Gasteiger partial charge in [0, 0.05) is 16.8 Å². The van der Waals surface area contributed by atoms with Crippen molar-refractivity contribution in [3.05, 3.63) is 59.7 Å². The molecule has 19 heavy (non-hydrogen) atoms. The van der Waals surface area contributed by atoms with Crippen molar-refractivity contribution < 1.29 is 9.84 Å². The fourth-order valence-electron chi connectivity index (χ4n) is 1.98. The van der Waals surface area contributed by atoms with Gasteiger partial charge in [0.15, 0.2) is 0 Å². The highest BCUT2D eigenvalue weighted by molar-refractivity contribution is 5.52. The number of benzene rings is 2. The Morgan fingerprint density at radius 3 is 2.37 bits per heavy atom. The summed E-state index contributed by atoms with van der Waals surface area (Å²) >= 11 is 0. The second-order valence-electron chi connectivity index (χ2n) is 4.42. The quantitative estimate of drug-likeness (QED) is 0.809.